The molecule has 1 aromatic carbocycles. The molecule has 0 spiro atoms. The third-order valence-corrected chi connectivity index (χ3v) is 4.40. The van der Waals surface area contributed by atoms with Gasteiger partial charge in [0.05, 0.1) is 8.44 Å². The third-order valence-electron chi connectivity index (χ3n) is 4.40. The van der Waals surface area contributed by atoms with Crippen LogP contribution in [0.2, 0.25) is 0 Å². The Morgan fingerprint density at radius 3 is 2.83 bits per heavy atom. The molecule has 3 rings (SSSR count). The summed E-state index contributed by atoms with van der Waals surface area (Å²) in [6, 6.07) is 4.40. The highest BCUT2D eigenvalue weighted by Crippen LogP contribution is 2.28. The van der Waals surface area contributed by atoms with E-state index in [1.807, 2.05) is 6.92 Å². The molecule has 1 saturated carbocycles. The summed E-state index contributed by atoms with van der Waals surface area (Å²) in [5, 5.41) is 4.54. The second kappa shape index (κ2) is 7.77. The van der Waals surface area contributed by atoms with E-state index >= 15 is 0 Å². The predicted octanol–water partition coefficient (Wildman–Crippen LogP) is 4.88. The highest BCUT2D eigenvalue weighted by atomic mass is 19.1. The van der Waals surface area contributed by atoms with Crippen molar-refractivity contribution in [3.05, 3.63) is 47.2 Å². The molecular weight excluding hydrogens is 310 g/mol. The summed E-state index contributed by atoms with van der Waals surface area (Å²) in [4.78, 5) is 0. The second-order valence-electron chi connectivity index (χ2n) is 6.38. The minimum Gasteiger partial charge on any atom is -0.473 e. The zero-order valence-corrected chi connectivity index (χ0v) is 13.9. The van der Waals surface area contributed by atoms with Crippen molar-refractivity contribution in [2.24, 2.45) is 5.92 Å². The first kappa shape index (κ1) is 14.4. The van der Waals surface area contributed by atoms with Crippen LogP contribution < -0.4 is 4.74 Å². The molecule has 1 heterocycles. The molecule has 1 aliphatic carbocycles. The molecule has 5 heteroatoms. The lowest BCUT2D eigenvalue weighted by molar-refractivity contribution is 0.257. The Hall–Kier alpha value is -1.91. The van der Waals surface area contributed by atoms with Crippen LogP contribution in [0.3, 0.4) is 0 Å². The topological polar surface area (TPSA) is 27.1 Å². The van der Waals surface area contributed by atoms with Gasteiger partial charge in [-0.3, -0.25) is 0 Å². The van der Waals surface area contributed by atoms with E-state index in [0.29, 0.717) is 12.5 Å². The van der Waals surface area contributed by atoms with Gasteiger partial charge in [-0.25, -0.2) is 13.5 Å². The van der Waals surface area contributed by atoms with Crippen LogP contribution >= 0.6 is 0 Å². The quantitative estimate of drug-likeness (QED) is 0.720. The first-order valence-electron chi connectivity index (χ1n) is 9.60. The van der Waals surface area contributed by atoms with Gasteiger partial charge in [0.2, 0.25) is 5.88 Å². The SMILES string of the molecule is [2H]C([2H])(Oc1cc(CCC)nn1CC1CCCC1)c1cc(F)ccc1F. The third kappa shape index (κ3) is 4.13. The number of benzene rings is 1. The van der Waals surface area contributed by atoms with Crippen molar-refractivity contribution >= 4 is 0 Å². The largest absolute Gasteiger partial charge is 0.473 e. The van der Waals surface area contributed by atoms with E-state index in [9.17, 15) is 8.78 Å². The number of rotatable bonds is 7. The molecule has 24 heavy (non-hydrogen) atoms. The average Bonchev–Trinajstić information content (AvgIpc) is 3.21. The van der Waals surface area contributed by atoms with Gasteiger partial charge in [-0.15, -0.1) is 0 Å². The predicted molar refractivity (Wildman–Crippen MR) is 88.9 cm³/mol. The lowest BCUT2D eigenvalue weighted by atomic mass is 10.1. The summed E-state index contributed by atoms with van der Waals surface area (Å²) in [5.41, 5.74) is 0.360. The minimum atomic E-state index is -2.50. The lowest BCUT2D eigenvalue weighted by Crippen LogP contribution is -2.12. The Morgan fingerprint density at radius 1 is 1.29 bits per heavy atom. The monoisotopic (exact) mass is 336 g/mol. The minimum absolute atomic E-state index is 0.258. The van der Waals surface area contributed by atoms with E-state index in [4.69, 9.17) is 7.48 Å². The molecule has 0 N–H and O–H groups in total. The smallest absolute Gasteiger partial charge is 0.212 e. The van der Waals surface area contributed by atoms with Crippen LogP contribution in [-0.4, -0.2) is 9.78 Å². The molecule has 0 bridgehead atoms. The zero-order chi connectivity index (χ0) is 18.7. The number of aryl methyl sites for hydroxylation is 1. The van der Waals surface area contributed by atoms with Gasteiger partial charge < -0.3 is 4.74 Å². The van der Waals surface area contributed by atoms with Crippen LogP contribution in [0.25, 0.3) is 0 Å². The van der Waals surface area contributed by atoms with Crippen molar-refractivity contribution in [1.82, 2.24) is 9.78 Å². The van der Waals surface area contributed by atoms with E-state index in [0.717, 1.165) is 49.6 Å². The van der Waals surface area contributed by atoms with Gasteiger partial charge in [0.15, 0.2) is 0 Å². The van der Waals surface area contributed by atoms with E-state index < -0.39 is 23.8 Å². The van der Waals surface area contributed by atoms with Crippen LogP contribution in [0, 0.1) is 17.6 Å². The number of halogens is 2. The maximum Gasteiger partial charge on any atom is 0.212 e. The van der Waals surface area contributed by atoms with Gasteiger partial charge in [0, 0.05) is 18.2 Å². The van der Waals surface area contributed by atoms with Crippen LogP contribution in [0.15, 0.2) is 24.3 Å². The molecular formula is C19H24F2N2O. The molecule has 130 valence electrons. The summed E-state index contributed by atoms with van der Waals surface area (Å²) in [5.74, 6) is -0.801. The fraction of sp³-hybridized carbons (Fsp3) is 0.526. The normalized spacial score (nSPS) is 17.0. The number of ether oxygens (including phenoxy) is 1. The maximum absolute atomic E-state index is 14.0. The molecule has 3 nitrogen and oxygen atoms in total. The van der Waals surface area contributed by atoms with E-state index in [-0.39, 0.29) is 5.88 Å². The molecule has 1 aliphatic rings. The second-order valence-corrected chi connectivity index (χ2v) is 6.38. The summed E-state index contributed by atoms with van der Waals surface area (Å²) < 4.78 is 50.9. The number of aromatic nitrogens is 2. The fourth-order valence-electron chi connectivity index (χ4n) is 3.16. The van der Waals surface area contributed by atoms with Gasteiger partial charge in [-0.1, -0.05) is 26.2 Å². The molecule has 0 saturated heterocycles. The van der Waals surface area contributed by atoms with Gasteiger partial charge in [0.1, 0.15) is 18.2 Å². The van der Waals surface area contributed by atoms with Crippen LogP contribution in [0.4, 0.5) is 8.78 Å². The van der Waals surface area contributed by atoms with Crippen LogP contribution in [0.5, 0.6) is 5.88 Å². The van der Waals surface area contributed by atoms with Crippen molar-refractivity contribution in [3.63, 3.8) is 0 Å². The molecule has 0 amide bonds. The molecule has 2 aromatic rings. The van der Waals surface area contributed by atoms with Crippen LogP contribution in [0.1, 0.15) is 53.0 Å². The summed E-state index contributed by atoms with van der Waals surface area (Å²) in [7, 11) is 0. The first-order chi connectivity index (χ1) is 12.4. The molecule has 1 fully saturated rings. The van der Waals surface area contributed by atoms with Crippen molar-refractivity contribution in [2.45, 2.75) is 58.6 Å². The Balaban J connectivity index is 1.87. The molecule has 0 radical (unpaired) electrons. The summed E-state index contributed by atoms with van der Waals surface area (Å²) in [6.45, 7) is 0.196. The first-order valence-corrected chi connectivity index (χ1v) is 8.60. The summed E-state index contributed by atoms with van der Waals surface area (Å²) in [6.07, 6.45) is 6.29. The van der Waals surface area contributed by atoms with E-state index in [2.05, 4.69) is 5.10 Å². The Kier molecular flexibility index (Phi) is 4.68. The number of hydrogen-bond donors (Lipinski definition) is 0. The standard InChI is InChI=1S/C19H24F2N2O/c1-2-5-17-11-19(23(22-17)12-14-6-3-4-7-14)24-13-15-10-16(20)8-9-18(15)21/h8-11,14H,2-7,12-13H2,1H3/i13D2. The van der Waals surface area contributed by atoms with Crippen molar-refractivity contribution in [1.29, 1.82) is 0 Å². The van der Waals surface area contributed by atoms with Gasteiger partial charge in [-0.2, -0.15) is 5.10 Å². The van der Waals surface area contributed by atoms with Gasteiger partial charge in [0.25, 0.3) is 0 Å². The van der Waals surface area contributed by atoms with Gasteiger partial charge in [-0.05, 0) is 43.4 Å². The Bertz CT molecular complexity index is 758. The molecule has 1 aromatic heterocycles. The van der Waals surface area contributed by atoms with E-state index in [1.54, 1.807) is 10.7 Å². The highest BCUT2D eigenvalue weighted by Gasteiger charge is 2.19. The number of nitrogens with zero attached hydrogens (tertiary/aromatic N) is 2. The lowest BCUT2D eigenvalue weighted by Gasteiger charge is -2.13. The Morgan fingerprint density at radius 2 is 2.08 bits per heavy atom. The highest BCUT2D eigenvalue weighted by molar-refractivity contribution is 5.21. The maximum atomic E-state index is 14.0. The van der Waals surface area contributed by atoms with Gasteiger partial charge >= 0.3 is 0 Å². The zero-order valence-electron chi connectivity index (χ0n) is 15.9. The molecule has 0 atom stereocenters. The summed E-state index contributed by atoms with van der Waals surface area (Å²) >= 11 is 0. The number of hydrogen-bond acceptors (Lipinski definition) is 2. The average molecular weight is 336 g/mol. The van der Waals surface area contributed by atoms with Crippen molar-refractivity contribution in [3.8, 4) is 5.88 Å². The van der Waals surface area contributed by atoms with Crippen molar-refractivity contribution < 1.29 is 16.3 Å². The van der Waals surface area contributed by atoms with Crippen molar-refractivity contribution in [2.75, 3.05) is 0 Å². The van der Waals surface area contributed by atoms with Crippen LogP contribution in [-0.2, 0) is 19.5 Å². The molecule has 0 unspecified atom stereocenters. The van der Waals surface area contributed by atoms with E-state index in [1.165, 1.54) is 12.8 Å². The Labute approximate surface area is 144 Å². The molecule has 0 aliphatic heterocycles. The fourth-order valence-corrected chi connectivity index (χ4v) is 3.16.